The van der Waals surface area contributed by atoms with Crippen LogP contribution in [0.1, 0.15) is 30.0 Å². The molecule has 0 saturated heterocycles. The monoisotopic (exact) mass is 473 g/mol. The van der Waals surface area contributed by atoms with Crippen LogP contribution in [0.4, 0.5) is 10.8 Å². The van der Waals surface area contributed by atoms with Gasteiger partial charge in [-0.2, -0.15) is 0 Å². The van der Waals surface area contributed by atoms with E-state index in [1.165, 1.54) is 11.3 Å². The summed E-state index contributed by atoms with van der Waals surface area (Å²) in [4.78, 5) is 34.2. The first-order chi connectivity index (χ1) is 16.5. The molecular formula is C25H23N5O3S. The molecule has 34 heavy (non-hydrogen) atoms. The van der Waals surface area contributed by atoms with E-state index >= 15 is 0 Å². The minimum absolute atomic E-state index is 0.0111. The van der Waals surface area contributed by atoms with Crippen molar-refractivity contribution in [3.05, 3.63) is 71.8 Å². The maximum absolute atomic E-state index is 12.6. The normalized spacial score (nSPS) is 13.9. The molecule has 1 saturated carbocycles. The Morgan fingerprint density at radius 2 is 1.85 bits per heavy atom. The first kappa shape index (κ1) is 22.0. The van der Waals surface area contributed by atoms with Crippen LogP contribution in [-0.4, -0.2) is 21.8 Å². The molecule has 8 nitrogen and oxygen atoms in total. The molecule has 1 fully saturated rings. The lowest BCUT2D eigenvalue weighted by atomic mass is 10.1. The molecule has 2 aromatic carbocycles. The van der Waals surface area contributed by atoms with Crippen molar-refractivity contribution >= 4 is 44.3 Å². The zero-order valence-electron chi connectivity index (χ0n) is 18.4. The molecule has 1 atom stereocenters. The largest absolute Gasteiger partial charge is 0.439 e. The van der Waals surface area contributed by atoms with Gasteiger partial charge in [0, 0.05) is 23.7 Å². The predicted octanol–water partition coefficient (Wildman–Crippen LogP) is 4.78. The maximum atomic E-state index is 12.6. The number of hydrogen-bond donors (Lipinski definition) is 3. The lowest BCUT2D eigenvalue weighted by Gasteiger charge is -2.14. The Balaban J connectivity index is 1.30. The zero-order valence-corrected chi connectivity index (χ0v) is 19.3. The van der Waals surface area contributed by atoms with Crippen molar-refractivity contribution < 1.29 is 14.3 Å². The molecule has 5 rings (SSSR count). The number of carbonyl (C=O) groups excluding carboxylic acids is 2. The van der Waals surface area contributed by atoms with Gasteiger partial charge in [0.15, 0.2) is 5.13 Å². The van der Waals surface area contributed by atoms with Gasteiger partial charge in [0.2, 0.25) is 17.7 Å². The number of ether oxygens (including phenoxy) is 1. The van der Waals surface area contributed by atoms with Crippen molar-refractivity contribution in [2.24, 2.45) is 11.7 Å². The molecule has 1 unspecified atom stereocenters. The standard InChI is InChI=1S/C25H23N5O3S/c1-14-7-10-17(27-23(32)21(26)15-5-3-2-4-6-15)13-19(14)33-20-12-11-18-24(29-20)34-25(28-18)30-22(31)16-8-9-16/h2-7,10-13,16,21H,8-9,26H2,1H3,(H,27,32)(H,28,30,31). The summed E-state index contributed by atoms with van der Waals surface area (Å²) in [6.07, 6.45) is 1.87. The summed E-state index contributed by atoms with van der Waals surface area (Å²) < 4.78 is 6.02. The molecule has 9 heteroatoms. The number of hydrogen-bond acceptors (Lipinski definition) is 7. The number of pyridine rings is 1. The first-order valence-electron chi connectivity index (χ1n) is 10.9. The number of nitrogens with zero attached hydrogens (tertiary/aromatic N) is 2. The van der Waals surface area contributed by atoms with E-state index in [1.54, 1.807) is 24.3 Å². The van der Waals surface area contributed by atoms with Gasteiger partial charge in [-0.25, -0.2) is 9.97 Å². The van der Waals surface area contributed by atoms with Crippen LogP contribution in [0.15, 0.2) is 60.7 Å². The number of amides is 2. The Labute approximate surface area is 200 Å². The maximum Gasteiger partial charge on any atom is 0.245 e. The van der Waals surface area contributed by atoms with E-state index < -0.39 is 6.04 Å². The number of nitrogens with one attached hydrogen (secondary N) is 2. The molecule has 0 spiro atoms. The number of anilines is 2. The number of aromatic nitrogens is 2. The molecule has 2 aromatic heterocycles. The van der Waals surface area contributed by atoms with Crippen molar-refractivity contribution in [1.29, 1.82) is 0 Å². The molecular weight excluding hydrogens is 450 g/mol. The Morgan fingerprint density at radius 1 is 1.06 bits per heavy atom. The van der Waals surface area contributed by atoms with Gasteiger partial charge in [-0.15, -0.1) is 0 Å². The van der Waals surface area contributed by atoms with E-state index in [-0.39, 0.29) is 17.7 Å². The topological polar surface area (TPSA) is 119 Å². The summed E-state index contributed by atoms with van der Waals surface area (Å²) in [5.41, 5.74) is 8.98. The smallest absolute Gasteiger partial charge is 0.245 e. The second-order valence-electron chi connectivity index (χ2n) is 8.22. The van der Waals surface area contributed by atoms with E-state index in [0.29, 0.717) is 32.8 Å². The van der Waals surface area contributed by atoms with Gasteiger partial charge in [-0.3, -0.25) is 9.59 Å². The second-order valence-corrected chi connectivity index (χ2v) is 9.19. The lowest BCUT2D eigenvalue weighted by molar-refractivity contribution is -0.118. The number of fused-ring (bicyclic) bond motifs is 1. The zero-order chi connectivity index (χ0) is 23.7. The molecule has 172 valence electrons. The lowest BCUT2D eigenvalue weighted by Crippen LogP contribution is -2.27. The number of thiazole rings is 1. The van der Waals surface area contributed by atoms with Crippen LogP contribution in [0.5, 0.6) is 11.6 Å². The van der Waals surface area contributed by atoms with Crippen molar-refractivity contribution in [3.63, 3.8) is 0 Å². The van der Waals surface area contributed by atoms with Gasteiger partial charge in [0.05, 0.1) is 0 Å². The van der Waals surface area contributed by atoms with Gasteiger partial charge in [-0.1, -0.05) is 47.7 Å². The SMILES string of the molecule is Cc1ccc(NC(=O)C(N)c2ccccc2)cc1Oc1ccc2nc(NC(=O)C3CC3)sc2n1. The van der Waals surface area contributed by atoms with Gasteiger partial charge in [0.25, 0.3) is 0 Å². The summed E-state index contributed by atoms with van der Waals surface area (Å²) in [5, 5.41) is 6.24. The molecule has 4 aromatic rings. The fourth-order valence-corrected chi connectivity index (χ4v) is 4.23. The average molecular weight is 474 g/mol. The van der Waals surface area contributed by atoms with Crippen molar-refractivity contribution in [2.45, 2.75) is 25.8 Å². The molecule has 0 radical (unpaired) electrons. The molecule has 2 heterocycles. The van der Waals surface area contributed by atoms with E-state index in [0.717, 1.165) is 24.0 Å². The Kier molecular flexibility index (Phi) is 5.95. The summed E-state index contributed by atoms with van der Waals surface area (Å²) >= 11 is 1.31. The Morgan fingerprint density at radius 3 is 2.62 bits per heavy atom. The van der Waals surface area contributed by atoms with Crippen LogP contribution in [-0.2, 0) is 9.59 Å². The van der Waals surface area contributed by atoms with Crippen LogP contribution in [0.25, 0.3) is 10.3 Å². The number of carbonyl (C=O) groups is 2. The number of nitrogens with two attached hydrogens (primary N) is 1. The molecule has 1 aliphatic carbocycles. The summed E-state index contributed by atoms with van der Waals surface area (Å²) in [6, 6.07) is 17.3. The highest BCUT2D eigenvalue weighted by Gasteiger charge is 2.30. The van der Waals surface area contributed by atoms with E-state index in [4.69, 9.17) is 10.5 Å². The van der Waals surface area contributed by atoms with Crippen molar-refractivity contribution in [3.8, 4) is 11.6 Å². The number of benzene rings is 2. The summed E-state index contributed by atoms with van der Waals surface area (Å²) in [7, 11) is 0. The van der Waals surface area contributed by atoms with Crippen molar-refractivity contribution in [2.75, 3.05) is 10.6 Å². The van der Waals surface area contributed by atoms with E-state index in [1.807, 2.05) is 43.3 Å². The van der Waals surface area contributed by atoms with Gasteiger partial charge in [0.1, 0.15) is 22.1 Å². The van der Waals surface area contributed by atoms with Gasteiger partial charge < -0.3 is 21.1 Å². The minimum atomic E-state index is -0.781. The van der Waals surface area contributed by atoms with E-state index in [2.05, 4.69) is 20.6 Å². The highest BCUT2D eigenvalue weighted by Crippen LogP contribution is 2.33. The first-order valence-corrected chi connectivity index (χ1v) is 11.8. The minimum Gasteiger partial charge on any atom is -0.439 e. The van der Waals surface area contributed by atoms with Crippen LogP contribution in [0.2, 0.25) is 0 Å². The summed E-state index contributed by atoms with van der Waals surface area (Å²) in [6.45, 7) is 1.91. The fourth-order valence-electron chi connectivity index (χ4n) is 3.40. The predicted molar refractivity (Wildman–Crippen MR) is 132 cm³/mol. The molecule has 2 amide bonds. The molecule has 0 aliphatic heterocycles. The average Bonchev–Trinajstić information content (AvgIpc) is 3.62. The highest BCUT2D eigenvalue weighted by molar-refractivity contribution is 7.21. The third-order valence-corrected chi connectivity index (χ3v) is 6.40. The molecule has 1 aliphatic rings. The third-order valence-electron chi connectivity index (χ3n) is 5.52. The Bertz CT molecular complexity index is 1370. The van der Waals surface area contributed by atoms with Gasteiger partial charge >= 0.3 is 0 Å². The fraction of sp³-hybridized carbons (Fsp3) is 0.200. The van der Waals surface area contributed by atoms with Gasteiger partial charge in [-0.05, 0) is 43.0 Å². The summed E-state index contributed by atoms with van der Waals surface area (Å²) in [5.74, 6) is 0.758. The molecule has 0 bridgehead atoms. The van der Waals surface area contributed by atoms with Crippen molar-refractivity contribution in [1.82, 2.24) is 9.97 Å². The third kappa shape index (κ3) is 4.90. The van der Waals surface area contributed by atoms with Crippen LogP contribution in [0.3, 0.4) is 0 Å². The van der Waals surface area contributed by atoms with Crippen LogP contribution in [0, 0.1) is 12.8 Å². The Hall–Kier alpha value is -3.82. The van der Waals surface area contributed by atoms with Crippen LogP contribution >= 0.6 is 11.3 Å². The number of aryl methyl sites for hydroxylation is 1. The molecule has 4 N–H and O–H groups in total. The van der Waals surface area contributed by atoms with Crippen LogP contribution < -0.4 is 21.1 Å². The highest BCUT2D eigenvalue weighted by atomic mass is 32.1. The van der Waals surface area contributed by atoms with E-state index in [9.17, 15) is 9.59 Å². The quantitative estimate of drug-likeness (QED) is 0.355. The number of rotatable bonds is 7. The second kappa shape index (κ2) is 9.20.